The largest absolute Gasteiger partial charge is 0.480 e. The SMILES string of the molecule is CCC(NC(=O)CC(NC(C)=O)c1cccs1)C(=O)O. The number of carboxylic acids is 1. The lowest BCUT2D eigenvalue weighted by molar-refractivity contribution is -0.142. The molecule has 110 valence electrons. The third-order valence-electron chi connectivity index (χ3n) is 2.70. The van der Waals surface area contributed by atoms with E-state index in [2.05, 4.69) is 10.6 Å². The van der Waals surface area contributed by atoms with Crippen LogP contribution in [0.25, 0.3) is 0 Å². The van der Waals surface area contributed by atoms with Gasteiger partial charge < -0.3 is 15.7 Å². The number of hydrogen-bond acceptors (Lipinski definition) is 4. The summed E-state index contributed by atoms with van der Waals surface area (Å²) in [7, 11) is 0. The van der Waals surface area contributed by atoms with Crippen molar-refractivity contribution in [2.75, 3.05) is 0 Å². The van der Waals surface area contributed by atoms with Crippen LogP contribution in [0.15, 0.2) is 17.5 Å². The topological polar surface area (TPSA) is 95.5 Å². The van der Waals surface area contributed by atoms with Crippen LogP contribution in [-0.4, -0.2) is 28.9 Å². The number of amides is 2. The molecule has 1 rings (SSSR count). The van der Waals surface area contributed by atoms with Crippen LogP contribution >= 0.6 is 11.3 Å². The summed E-state index contributed by atoms with van der Waals surface area (Å²) in [6, 6.07) is 2.33. The van der Waals surface area contributed by atoms with Crippen molar-refractivity contribution in [2.24, 2.45) is 0 Å². The molecule has 2 unspecified atom stereocenters. The van der Waals surface area contributed by atoms with Crippen LogP contribution in [0.5, 0.6) is 0 Å². The normalized spacial score (nSPS) is 13.3. The molecular formula is C13H18N2O4S. The number of aliphatic carboxylic acids is 1. The molecule has 1 heterocycles. The molecule has 2 amide bonds. The van der Waals surface area contributed by atoms with Crippen molar-refractivity contribution < 1.29 is 19.5 Å². The molecule has 7 heteroatoms. The highest BCUT2D eigenvalue weighted by Gasteiger charge is 2.22. The second-order valence-electron chi connectivity index (χ2n) is 4.34. The minimum absolute atomic E-state index is 0.0177. The van der Waals surface area contributed by atoms with E-state index in [0.717, 1.165) is 4.88 Å². The molecule has 2 atom stereocenters. The average Bonchev–Trinajstić information content (AvgIpc) is 2.87. The zero-order chi connectivity index (χ0) is 15.1. The summed E-state index contributed by atoms with van der Waals surface area (Å²) in [6.07, 6.45) is 0.328. The lowest BCUT2D eigenvalue weighted by Gasteiger charge is -2.18. The molecule has 0 radical (unpaired) electrons. The molecular weight excluding hydrogens is 280 g/mol. The highest BCUT2D eigenvalue weighted by molar-refractivity contribution is 7.10. The van der Waals surface area contributed by atoms with E-state index in [1.165, 1.54) is 18.3 Å². The monoisotopic (exact) mass is 298 g/mol. The van der Waals surface area contributed by atoms with Crippen LogP contribution < -0.4 is 10.6 Å². The lowest BCUT2D eigenvalue weighted by atomic mass is 10.1. The van der Waals surface area contributed by atoms with Gasteiger partial charge in [-0.15, -0.1) is 11.3 Å². The predicted molar refractivity (Wildman–Crippen MR) is 75.4 cm³/mol. The Morgan fingerprint density at radius 3 is 2.50 bits per heavy atom. The molecule has 0 spiro atoms. The van der Waals surface area contributed by atoms with Crippen molar-refractivity contribution in [2.45, 2.75) is 38.8 Å². The third-order valence-corrected chi connectivity index (χ3v) is 3.68. The maximum atomic E-state index is 11.9. The van der Waals surface area contributed by atoms with Gasteiger partial charge in [-0.25, -0.2) is 4.79 Å². The van der Waals surface area contributed by atoms with Crippen molar-refractivity contribution in [3.8, 4) is 0 Å². The quantitative estimate of drug-likeness (QED) is 0.707. The van der Waals surface area contributed by atoms with Crippen LogP contribution in [0.4, 0.5) is 0 Å². The van der Waals surface area contributed by atoms with Gasteiger partial charge in [-0.1, -0.05) is 13.0 Å². The van der Waals surface area contributed by atoms with E-state index in [0.29, 0.717) is 6.42 Å². The van der Waals surface area contributed by atoms with Crippen LogP contribution in [0.3, 0.4) is 0 Å². The molecule has 0 fully saturated rings. The van der Waals surface area contributed by atoms with Gasteiger partial charge >= 0.3 is 5.97 Å². The van der Waals surface area contributed by atoms with Gasteiger partial charge in [0.25, 0.3) is 0 Å². The Balaban J connectivity index is 2.67. The van der Waals surface area contributed by atoms with Crippen LogP contribution in [0.2, 0.25) is 0 Å². The Kier molecular flexibility index (Phi) is 6.17. The number of nitrogens with one attached hydrogen (secondary N) is 2. The summed E-state index contributed by atoms with van der Waals surface area (Å²) in [4.78, 5) is 34.8. The first kappa shape index (κ1) is 16.2. The van der Waals surface area contributed by atoms with Crippen molar-refractivity contribution >= 4 is 29.1 Å². The molecule has 0 aliphatic rings. The zero-order valence-electron chi connectivity index (χ0n) is 11.4. The zero-order valence-corrected chi connectivity index (χ0v) is 12.2. The molecule has 0 aromatic carbocycles. The molecule has 20 heavy (non-hydrogen) atoms. The molecule has 1 aromatic heterocycles. The van der Waals surface area contributed by atoms with Gasteiger partial charge in [0.2, 0.25) is 11.8 Å². The molecule has 6 nitrogen and oxygen atoms in total. The Labute approximate surface area is 121 Å². The molecule has 0 aliphatic heterocycles. The number of rotatable bonds is 7. The molecule has 1 aromatic rings. The first-order valence-corrected chi connectivity index (χ1v) is 7.14. The second-order valence-corrected chi connectivity index (χ2v) is 5.32. The van der Waals surface area contributed by atoms with Gasteiger partial charge in [-0.05, 0) is 17.9 Å². The smallest absolute Gasteiger partial charge is 0.326 e. The van der Waals surface area contributed by atoms with E-state index >= 15 is 0 Å². The van der Waals surface area contributed by atoms with Crippen molar-refractivity contribution in [3.05, 3.63) is 22.4 Å². The summed E-state index contributed by atoms with van der Waals surface area (Å²) in [5, 5.41) is 15.9. The maximum Gasteiger partial charge on any atom is 0.326 e. The summed E-state index contributed by atoms with van der Waals surface area (Å²) < 4.78 is 0. The fourth-order valence-corrected chi connectivity index (χ4v) is 2.51. The fraction of sp³-hybridized carbons (Fsp3) is 0.462. The van der Waals surface area contributed by atoms with E-state index in [-0.39, 0.29) is 12.3 Å². The Morgan fingerprint density at radius 2 is 2.05 bits per heavy atom. The van der Waals surface area contributed by atoms with E-state index in [4.69, 9.17) is 5.11 Å². The van der Waals surface area contributed by atoms with Gasteiger partial charge in [0.1, 0.15) is 6.04 Å². The summed E-state index contributed by atoms with van der Waals surface area (Å²) in [5.41, 5.74) is 0. The molecule has 0 saturated carbocycles. The van der Waals surface area contributed by atoms with E-state index < -0.39 is 24.0 Å². The first-order valence-electron chi connectivity index (χ1n) is 6.26. The standard InChI is InChI=1S/C13H18N2O4S/c1-3-9(13(18)19)15-12(17)7-10(14-8(2)16)11-5-4-6-20-11/h4-6,9-10H,3,7H2,1-2H3,(H,14,16)(H,15,17)(H,18,19). The Bertz CT molecular complexity index is 473. The van der Waals surface area contributed by atoms with Crippen molar-refractivity contribution in [1.82, 2.24) is 10.6 Å². The lowest BCUT2D eigenvalue weighted by Crippen LogP contribution is -2.42. The maximum absolute atomic E-state index is 11.9. The molecule has 0 saturated heterocycles. The van der Waals surface area contributed by atoms with Crippen LogP contribution in [-0.2, 0) is 14.4 Å². The third kappa shape index (κ3) is 5.00. The van der Waals surface area contributed by atoms with E-state index in [9.17, 15) is 14.4 Å². The van der Waals surface area contributed by atoms with Gasteiger partial charge in [0.05, 0.1) is 12.5 Å². The van der Waals surface area contributed by atoms with Crippen molar-refractivity contribution in [1.29, 1.82) is 0 Å². The molecule has 0 bridgehead atoms. The van der Waals surface area contributed by atoms with Crippen molar-refractivity contribution in [3.63, 3.8) is 0 Å². The number of carbonyl (C=O) groups excluding carboxylic acids is 2. The number of thiophene rings is 1. The summed E-state index contributed by atoms with van der Waals surface area (Å²) in [5.74, 6) is -1.69. The van der Waals surface area contributed by atoms with Crippen LogP contribution in [0, 0.1) is 0 Å². The van der Waals surface area contributed by atoms with Gasteiger partial charge in [-0.2, -0.15) is 0 Å². The molecule has 0 aliphatic carbocycles. The predicted octanol–water partition coefficient (Wildman–Crippen LogP) is 1.29. The number of carbonyl (C=O) groups is 3. The minimum atomic E-state index is -1.06. The Morgan fingerprint density at radius 1 is 1.35 bits per heavy atom. The van der Waals surface area contributed by atoms with Gasteiger partial charge in [0, 0.05) is 11.8 Å². The highest BCUT2D eigenvalue weighted by atomic mass is 32.1. The summed E-state index contributed by atoms with van der Waals surface area (Å²) in [6.45, 7) is 3.06. The van der Waals surface area contributed by atoms with Gasteiger partial charge in [-0.3, -0.25) is 9.59 Å². The minimum Gasteiger partial charge on any atom is -0.480 e. The fourth-order valence-electron chi connectivity index (χ4n) is 1.73. The van der Waals surface area contributed by atoms with Gasteiger partial charge in [0.15, 0.2) is 0 Å². The first-order chi connectivity index (χ1) is 9.43. The molecule has 3 N–H and O–H groups in total. The second kappa shape index (κ2) is 7.64. The number of hydrogen-bond donors (Lipinski definition) is 3. The van der Waals surface area contributed by atoms with Crippen LogP contribution in [0.1, 0.15) is 37.6 Å². The van der Waals surface area contributed by atoms with E-state index in [1.54, 1.807) is 6.92 Å². The Hall–Kier alpha value is -1.89. The average molecular weight is 298 g/mol. The highest BCUT2D eigenvalue weighted by Crippen LogP contribution is 2.22. The number of carboxylic acid groups (broad SMARTS) is 1. The summed E-state index contributed by atoms with van der Waals surface area (Å²) >= 11 is 1.43. The van der Waals surface area contributed by atoms with E-state index in [1.807, 2.05) is 17.5 Å².